The lowest BCUT2D eigenvalue weighted by atomic mass is 10.1. The molecule has 7 nitrogen and oxygen atoms in total. The summed E-state index contributed by atoms with van der Waals surface area (Å²) in [5, 5.41) is 31.1. The lowest BCUT2D eigenvalue weighted by Crippen LogP contribution is -2.34. The van der Waals surface area contributed by atoms with Crippen molar-refractivity contribution in [2.75, 3.05) is 6.54 Å². The van der Waals surface area contributed by atoms with Gasteiger partial charge < -0.3 is 25.4 Å². The average molecular weight is 331 g/mol. The molecule has 22 heavy (non-hydrogen) atoms. The minimum atomic E-state index is -1.20. The van der Waals surface area contributed by atoms with Gasteiger partial charge in [0.2, 0.25) is 0 Å². The number of carboxylic acids is 1. The fourth-order valence-corrected chi connectivity index (χ4v) is 2.50. The van der Waals surface area contributed by atoms with Crippen LogP contribution in [-0.2, 0) is 4.74 Å². The van der Waals surface area contributed by atoms with Crippen LogP contribution >= 0.6 is 11.3 Å². The summed E-state index contributed by atoms with van der Waals surface area (Å²) >= 11 is 0.903. The van der Waals surface area contributed by atoms with E-state index in [-0.39, 0.29) is 17.8 Å². The molecule has 0 aliphatic rings. The number of alkyl carbamates (subject to hydrolysis) is 1. The lowest BCUT2D eigenvalue weighted by molar-refractivity contribution is 0.0143. The summed E-state index contributed by atoms with van der Waals surface area (Å²) < 4.78 is 5.04. The third-order valence-corrected chi connectivity index (χ3v) is 3.75. The van der Waals surface area contributed by atoms with Gasteiger partial charge in [0.1, 0.15) is 16.6 Å². The smallest absolute Gasteiger partial charge is 0.407 e. The van der Waals surface area contributed by atoms with Gasteiger partial charge in [-0.05, 0) is 39.3 Å². The van der Waals surface area contributed by atoms with Crippen molar-refractivity contribution in [2.45, 2.75) is 45.0 Å². The zero-order chi connectivity index (χ0) is 16.9. The normalized spacial score (nSPS) is 14.2. The molecule has 124 valence electrons. The third kappa shape index (κ3) is 6.00. The Morgan fingerprint density at radius 1 is 1.32 bits per heavy atom. The molecule has 0 bridgehead atoms. The monoisotopic (exact) mass is 331 g/mol. The molecule has 0 aromatic carbocycles. The van der Waals surface area contributed by atoms with Gasteiger partial charge in [0.05, 0.1) is 6.10 Å². The number of thiophene rings is 1. The number of aliphatic hydroxyl groups excluding tert-OH is 2. The van der Waals surface area contributed by atoms with Gasteiger partial charge in [-0.3, -0.25) is 0 Å². The number of aromatic carboxylic acids is 1. The Bertz CT molecular complexity index is 522. The van der Waals surface area contributed by atoms with Crippen LogP contribution in [-0.4, -0.2) is 45.6 Å². The molecule has 0 saturated carbocycles. The second kappa shape index (κ2) is 7.57. The van der Waals surface area contributed by atoms with Crippen molar-refractivity contribution in [3.05, 3.63) is 21.9 Å². The zero-order valence-electron chi connectivity index (χ0n) is 12.7. The Morgan fingerprint density at radius 2 is 1.95 bits per heavy atom. The molecular weight excluding hydrogens is 310 g/mol. The summed E-state index contributed by atoms with van der Waals surface area (Å²) in [5.41, 5.74) is -0.605. The SMILES string of the molecule is CC(C)(C)OC(=O)NCCC(O)C(O)c1ccc(C(=O)O)s1. The molecule has 1 rings (SSSR count). The van der Waals surface area contributed by atoms with Gasteiger partial charge in [-0.25, -0.2) is 9.59 Å². The van der Waals surface area contributed by atoms with Gasteiger partial charge in [-0.2, -0.15) is 0 Å². The predicted molar refractivity (Wildman–Crippen MR) is 81.1 cm³/mol. The van der Waals surface area contributed by atoms with Gasteiger partial charge >= 0.3 is 12.1 Å². The minimum Gasteiger partial charge on any atom is -0.477 e. The molecular formula is C14H21NO6S. The molecule has 4 N–H and O–H groups in total. The number of carbonyl (C=O) groups excluding carboxylic acids is 1. The molecule has 1 heterocycles. The Labute approximate surface area is 132 Å². The summed E-state index contributed by atoms with van der Waals surface area (Å²) in [6.45, 7) is 5.34. The minimum absolute atomic E-state index is 0.0909. The maximum Gasteiger partial charge on any atom is 0.407 e. The number of carbonyl (C=O) groups is 2. The lowest BCUT2D eigenvalue weighted by Gasteiger charge is -2.20. The number of aliphatic hydroxyl groups is 2. The standard InChI is InChI=1S/C14H21NO6S/c1-14(2,3)21-13(20)15-7-6-8(16)11(17)9-4-5-10(22-9)12(18)19/h4-5,8,11,16-17H,6-7H2,1-3H3,(H,15,20)(H,18,19). The number of carboxylic acid groups (broad SMARTS) is 1. The van der Waals surface area contributed by atoms with Crippen molar-refractivity contribution in [1.29, 1.82) is 0 Å². The first kappa shape index (κ1) is 18.4. The predicted octanol–water partition coefficient (Wildman–Crippen LogP) is 1.76. The Morgan fingerprint density at radius 3 is 2.45 bits per heavy atom. The first-order chi connectivity index (χ1) is 10.1. The van der Waals surface area contributed by atoms with Crippen LogP contribution in [0.3, 0.4) is 0 Å². The molecule has 0 aliphatic carbocycles. The van der Waals surface area contributed by atoms with Crippen molar-refractivity contribution >= 4 is 23.4 Å². The van der Waals surface area contributed by atoms with Crippen LogP contribution in [0.5, 0.6) is 0 Å². The van der Waals surface area contributed by atoms with Gasteiger partial charge in [-0.15, -0.1) is 11.3 Å². The second-order valence-electron chi connectivity index (χ2n) is 5.74. The zero-order valence-corrected chi connectivity index (χ0v) is 13.5. The first-order valence-electron chi connectivity index (χ1n) is 6.76. The van der Waals surface area contributed by atoms with E-state index in [0.29, 0.717) is 4.88 Å². The molecule has 0 fully saturated rings. The van der Waals surface area contributed by atoms with Gasteiger partial charge in [0, 0.05) is 11.4 Å². The van der Waals surface area contributed by atoms with Crippen LogP contribution in [0.2, 0.25) is 0 Å². The highest BCUT2D eigenvalue weighted by Gasteiger charge is 2.22. The maximum absolute atomic E-state index is 11.4. The van der Waals surface area contributed by atoms with Crippen molar-refractivity contribution in [3.63, 3.8) is 0 Å². The van der Waals surface area contributed by atoms with Crippen LogP contribution in [0.25, 0.3) is 0 Å². The maximum atomic E-state index is 11.4. The fraction of sp³-hybridized carbons (Fsp3) is 0.571. The van der Waals surface area contributed by atoms with E-state index in [1.165, 1.54) is 12.1 Å². The van der Waals surface area contributed by atoms with E-state index in [0.717, 1.165) is 11.3 Å². The number of hydrogen-bond donors (Lipinski definition) is 4. The molecule has 0 aliphatic heterocycles. The third-order valence-electron chi connectivity index (χ3n) is 2.60. The van der Waals surface area contributed by atoms with E-state index in [2.05, 4.69) is 5.32 Å². The average Bonchev–Trinajstić information content (AvgIpc) is 2.85. The molecule has 1 aromatic heterocycles. The highest BCUT2D eigenvalue weighted by atomic mass is 32.1. The number of amides is 1. The highest BCUT2D eigenvalue weighted by Crippen LogP contribution is 2.26. The molecule has 0 radical (unpaired) electrons. The number of hydrogen-bond acceptors (Lipinski definition) is 6. The van der Waals surface area contributed by atoms with Crippen molar-refractivity contribution in [1.82, 2.24) is 5.32 Å². The fourth-order valence-electron chi connectivity index (χ4n) is 1.61. The van der Waals surface area contributed by atoms with Crippen molar-refractivity contribution < 1.29 is 29.6 Å². The Balaban J connectivity index is 2.42. The molecule has 1 amide bonds. The summed E-state index contributed by atoms with van der Waals surface area (Å²) in [4.78, 5) is 22.6. The summed E-state index contributed by atoms with van der Waals surface area (Å²) in [6.07, 6.45) is -2.80. The van der Waals surface area contributed by atoms with Crippen LogP contribution < -0.4 is 5.32 Å². The van der Waals surface area contributed by atoms with E-state index in [4.69, 9.17) is 9.84 Å². The van der Waals surface area contributed by atoms with E-state index in [1.54, 1.807) is 20.8 Å². The van der Waals surface area contributed by atoms with Crippen LogP contribution in [0.15, 0.2) is 12.1 Å². The quantitative estimate of drug-likeness (QED) is 0.631. The summed E-state index contributed by atoms with van der Waals surface area (Å²) in [7, 11) is 0. The van der Waals surface area contributed by atoms with Crippen LogP contribution in [0.4, 0.5) is 4.79 Å². The Hall–Kier alpha value is -1.64. The van der Waals surface area contributed by atoms with Crippen LogP contribution in [0, 0.1) is 0 Å². The van der Waals surface area contributed by atoms with E-state index in [1.807, 2.05) is 0 Å². The van der Waals surface area contributed by atoms with Crippen molar-refractivity contribution in [2.24, 2.45) is 0 Å². The molecule has 0 spiro atoms. The number of rotatable bonds is 6. The van der Waals surface area contributed by atoms with E-state index >= 15 is 0 Å². The van der Waals surface area contributed by atoms with Gasteiger partial charge in [-0.1, -0.05) is 0 Å². The molecule has 2 atom stereocenters. The molecule has 1 aromatic rings. The highest BCUT2D eigenvalue weighted by molar-refractivity contribution is 7.14. The Kier molecular flexibility index (Phi) is 6.34. The second-order valence-corrected chi connectivity index (χ2v) is 6.85. The van der Waals surface area contributed by atoms with E-state index in [9.17, 15) is 19.8 Å². The summed E-state index contributed by atoms with van der Waals surface area (Å²) in [6, 6.07) is 2.83. The first-order valence-corrected chi connectivity index (χ1v) is 7.58. The van der Waals surface area contributed by atoms with E-state index < -0.39 is 29.9 Å². The van der Waals surface area contributed by atoms with Crippen molar-refractivity contribution in [3.8, 4) is 0 Å². The molecule has 8 heteroatoms. The number of nitrogens with one attached hydrogen (secondary N) is 1. The molecule has 2 unspecified atom stereocenters. The topological polar surface area (TPSA) is 116 Å². The van der Waals surface area contributed by atoms with Gasteiger partial charge in [0.15, 0.2) is 0 Å². The molecule has 0 saturated heterocycles. The summed E-state index contributed by atoms with van der Waals surface area (Å²) in [5.74, 6) is -1.08. The largest absolute Gasteiger partial charge is 0.477 e. The van der Waals surface area contributed by atoms with Gasteiger partial charge in [0.25, 0.3) is 0 Å². The van der Waals surface area contributed by atoms with Crippen LogP contribution in [0.1, 0.15) is 47.8 Å². The number of ether oxygens (including phenoxy) is 1.